The first kappa shape index (κ1) is 17.8. The Morgan fingerprint density at radius 3 is 1.92 bits per heavy atom. The van der Waals surface area contributed by atoms with Crippen molar-refractivity contribution in [3.05, 3.63) is 73.3 Å². The van der Waals surface area contributed by atoms with Crippen LogP contribution < -0.4 is 0 Å². The lowest BCUT2D eigenvalue weighted by Gasteiger charge is -2.11. The molecule has 0 aliphatic heterocycles. The molecule has 0 heterocycles. The molecular formula is C14H7F3N2O6. The third kappa shape index (κ3) is 3.39. The van der Waals surface area contributed by atoms with Gasteiger partial charge in [0.2, 0.25) is 0 Å². The lowest BCUT2D eigenvalue weighted by Crippen LogP contribution is -2.14. The number of nitro benzene ring substituents is 2. The van der Waals surface area contributed by atoms with E-state index in [1.807, 2.05) is 0 Å². The molecule has 0 bridgehead atoms. The highest BCUT2D eigenvalue weighted by atomic mass is 19.4. The molecule has 0 fully saturated rings. The number of hydrogen-bond acceptors (Lipinski definition) is 6. The summed E-state index contributed by atoms with van der Waals surface area (Å²) in [5.74, 6) is -2.60. The van der Waals surface area contributed by atoms with Crippen LogP contribution in [-0.2, 0) is 6.18 Å². The molecule has 0 saturated heterocycles. The van der Waals surface area contributed by atoms with Gasteiger partial charge in [0.15, 0.2) is 5.78 Å². The quantitative estimate of drug-likeness (QED) is 0.508. The van der Waals surface area contributed by atoms with Crippen LogP contribution in [0.2, 0.25) is 0 Å². The number of nitro groups is 2. The Labute approximate surface area is 136 Å². The van der Waals surface area contributed by atoms with E-state index in [9.17, 15) is 43.3 Å². The minimum atomic E-state index is -4.87. The summed E-state index contributed by atoms with van der Waals surface area (Å²) >= 11 is 0. The van der Waals surface area contributed by atoms with Crippen LogP contribution in [0.1, 0.15) is 21.5 Å². The number of phenolic OH excluding ortho intramolecular Hbond substituents is 1. The summed E-state index contributed by atoms with van der Waals surface area (Å²) in [6, 6.07) is 4.63. The van der Waals surface area contributed by atoms with E-state index in [1.165, 1.54) is 0 Å². The predicted octanol–water partition coefficient (Wildman–Crippen LogP) is 3.46. The third-order valence-electron chi connectivity index (χ3n) is 3.20. The van der Waals surface area contributed by atoms with Gasteiger partial charge in [-0.3, -0.25) is 25.0 Å². The van der Waals surface area contributed by atoms with Gasteiger partial charge in [-0.2, -0.15) is 13.2 Å². The number of carbonyl (C=O) groups excluding carboxylic acids is 1. The fourth-order valence-corrected chi connectivity index (χ4v) is 2.10. The van der Waals surface area contributed by atoms with E-state index in [0.29, 0.717) is 18.2 Å². The molecule has 0 aliphatic rings. The van der Waals surface area contributed by atoms with Crippen LogP contribution in [0.4, 0.5) is 24.5 Å². The average Bonchev–Trinajstić information content (AvgIpc) is 2.53. The van der Waals surface area contributed by atoms with E-state index in [4.69, 9.17) is 0 Å². The van der Waals surface area contributed by atoms with Crippen molar-refractivity contribution in [2.24, 2.45) is 0 Å². The van der Waals surface area contributed by atoms with Crippen LogP contribution in [0.25, 0.3) is 0 Å². The molecule has 25 heavy (non-hydrogen) atoms. The first-order valence-electron chi connectivity index (χ1n) is 6.40. The molecule has 0 aromatic heterocycles. The Hall–Kier alpha value is -3.50. The van der Waals surface area contributed by atoms with Gasteiger partial charge in [0, 0.05) is 23.3 Å². The van der Waals surface area contributed by atoms with Crippen LogP contribution in [0.15, 0.2) is 36.4 Å². The highest BCUT2D eigenvalue weighted by molar-refractivity contribution is 6.11. The topological polar surface area (TPSA) is 124 Å². The van der Waals surface area contributed by atoms with Gasteiger partial charge < -0.3 is 5.11 Å². The molecule has 11 heteroatoms. The SMILES string of the molecule is O=C(c1cc([N+](=O)[O-])c(O)c([N+](=O)[O-])c1)c1ccccc1C(F)(F)F. The van der Waals surface area contributed by atoms with Gasteiger partial charge in [-0.15, -0.1) is 0 Å². The number of carbonyl (C=O) groups is 1. The molecule has 0 spiro atoms. The van der Waals surface area contributed by atoms with E-state index < -0.39 is 55.6 Å². The highest BCUT2D eigenvalue weighted by Gasteiger charge is 2.36. The molecule has 8 nitrogen and oxygen atoms in total. The maximum absolute atomic E-state index is 13.0. The fraction of sp³-hybridized carbons (Fsp3) is 0.0714. The predicted molar refractivity (Wildman–Crippen MR) is 76.3 cm³/mol. The molecule has 130 valence electrons. The number of aromatic hydroxyl groups is 1. The highest BCUT2D eigenvalue weighted by Crippen LogP contribution is 2.38. The minimum Gasteiger partial charge on any atom is -0.497 e. The van der Waals surface area contributed by atoms with E-state index in [0.717, 1.165) is 18.2 Å². The smallest absolute Gasteiger partial charge is 0.417 e. The Morgan fingerprint density at radius 1 is 1.00 bits per heavy atom. The monoisotopic (exact) mass is 356 g/mol. The Morgan fingerprint density at radius 2 is 1.48 bits per heavy atom. The Kier molecular flexibility index (Phi) is 4.42. The second-order valence-electron chi connectivity index (χ2n) is 4.75. The maximum atomic E-state index is 13.0. The normalized spacial score (nSPS) is 11.2. The number of rotatable bonds is 4. The summed E-state index contributed by atoms with van der Waals surface area (Å²) in [5, 5.41) is 31.2. The van der Waals surface area contributed by atoms with E-state index in [-0.39, 0.29) is 0 Å². The fourth-order valence-electron chi connectivity index (χ4n) is 2.10. The number of benzene rings is 2. The number of alkyl halides is 3. The van der Waals surface area contributed by atoms with Crippen LogP contribution >= 0.6 is 0 Å². The summed E-state index contributed by atoms with van der Waals surface area (Å²) in [5.41, 5.74) is -5.18. The van der Waals surface area contributed by atoms with Crippen LogP contribution in [0, 0.1) is 20.2 Å². The number of halogens is 3. The zero-order valence-corrected chi connectivity index (χ0v) is 12.0. The van der Waals surface area contributed by atoms with Gasteiger partial charge in [-0.1, -0.05) is 18.2 Å². The Bertz CT molecular complexity index is 859. The van der Waals surface area contributed by atoms with Gasteiger partial charge in [-0.25, -0.2) is 0 Å². The Balaban J connectivity index is 2.70. The molecule has 0 aliphatic carbocycles. The van der Waals surface area contributed by atoms with Crippen molar-refractivity contribution in [3.8, 4) is 5.75 Å². The van der Waals surface area contributed by atoms with Crippen LogP contribution in [0.5, 0.6) is 5.75 Å². The van der Waals surface area contributed by atoms with E-state index in [2.05, 4.69) is 0 Å². The summed E-state index contributed by atoms with van der Waals surface area (Å²) in [4.78, 5) is 31.7. The molecule has 0 amide bonds. The summed E-state index contributed by atoms with van der Waals surface area (Å²) in [6.07, 6.45) is -4.87. The lowest BCUT2D eigenvalue weighted by atomic mass is 9.97. The maximum Gasteiger partial charge on any atom is 0.417 e. The van der Waals surface area contributed by atoms with Crippen LogP contribution in [-0.4, -0.2) is 20.7 Å². The average molecular weight is 356 g/mol. The zero-order valence-electron chi connectivity index (χ0n) is 12.0. The van der Waals surface area contributed by atoms with Crippen molar-refractivity contribution in [3.63, 3.8) is 0 Å². The van der Waals surface area contributed by atoms with E-state index in [1.54, 1.807) is 0 Å². The molecular weight excluding hydrogens is 349 g/mol. The lowest BCUT2D eigenvalue weighted by molar-refractivity contribution is -0.396. The van der Waals surface area contributed by atoms with Gasteiger partial charge in [0.25, 0.3) is 5.75 Å². The molecule has 1 N–H and O–H groups in total. The van der Waals surface area contributed by atoms with Gasteiger partial charge >= 0.3 is 17.6 Å². The second-order valence-corrected chi connectivity index (χ2v) is 4.75. The molecule has 0 saturated carbocycles. The number of nitrogens with zero attached hydrogens (tertiary/aromatic N) is 2. The number of hydrogen-bond donors (Lipinski definition) is 1. The van der Waals surface area contributed by atoms with Gasteiger partial charge in [0.1, 0.15) is 0 Å². The van der Waals surface area contributed by atoms with Crippen molar-refractivity contribution in [1.82, 2.24) is 0 Å². The standard InChI is InChI=1S/C14H7F3N2O6/c15-14(16,17)9-4-2-1-3-8(9)12(20)7-5-10(18(22)23)13(21)11(6-7)19(24)25/h1-6,21H. The van der Waals surface area contributed by atoms with Gasteiger partial charge in [0.05, 0.1) is 15.4 Å². The second kappa shape index (κ2) is 6.19. The first-order valence-corrected chi connectivity index (χ1v) is 6.40. The van der Waals surface area contributed by atoms with Crippen molar-refractivity contribution >= 4 is 17.2 Å². The van der Waals surface area contributed by atoms with Crippen molar-refractivity contribution in [1.29, 1.82) is 0 Å². The van der Waals surface area contributed by atoms with Gasteiger partial charge in [-0.05, 0) is 6.07 Å². The minimum absolute atomic E-state index is 0.484. The van der Waals surface area contributed by atoms with Crippen LogP contribution in [0.3, 0.4) is 0 Å². The number of phenols is 1. The van der Waals surface area contributed by atoms with E-state index >= 15 is 0 Å². The van der Waals surface area contributed by atoms with Crippen molar-refractivity contribution in [2.45, 2.75) is 6.18 Å². The zero-order chi connectivity index (χ0) is 18.9. The third-order valence-corrected chi connectivity index (χ3v) is 3.20. The molecule has 2 rings (SSSR count). The molecule has 2 aromatic rings. The van der Waals surface area contributed by atoms with Crippen molar-refractivity contribution in [2.75, 3.05) is 0 Å². The molecule has 0 unspecified atom stereocenters. The molecule has 2 aromatic carbocycles. The number of ketones is 1. The molecule has 0 radical (unpaired) electrons. The summed E-state index contributed by atoms with van der Waals surface area (Å²) in [7, 11) is 0. The summed E-state index contributed by atoms with van der Waals surface area (Å²) < 4.78 is 39.0. The molecule has 0 atom stereocenters. The summed E-state index contributed by atoms with van der Waals surface area (Å²) in [6.45, 7) is 0. The first-order chi connectivity index (χ1) is 11.5. The largest absolute Gasteiger partial charge is 0.497 e. The van der Waals surface area contributed by atoms with Crippen molar-refractivity contribution < 1.29 is 32.9 Å².